The molecule has 13 heavy (non-hydrogen) atoms. The first-order chi connectivity index (χ1) is 6.15. The lowest BCUT2D eigenvalue weighted by atomic mass is 10.1. The highest BCUT2D eigenvalue weighted by molar-refractivity contribution is 5.98. The van der Waals surface area contributed by atoms with Gasteiger partial charge in [0.15, 0.2) is 0 Å². The molecule has 0 aromatic heterocycles. The molecule has 0 aliphatic rings. The molecule has 0 amide bonds. The fourth-order valence-electron chi connectivity index (χ4n) is 1.05. The Kier molecular flexibility index (Phi) is 2.85. The third-order valence-electron chi connectivity index (χ3n) is 1.95. The van der Waals surface area contributed by atoms with E-state index in [4.69, 9.17) is 5.21 Å². The summed E-state index contributed by atoms with van der Waals surface area (Å²) in [6.45, 7) is 7.56. The minimum atomic E-state index is 0.619. The maximum absolute atomic E-state index is 8.54. The van der Waals surface area contributed by atoms with Gasteiger partial charge in [0.25, 0.3) is 0 Å². The lowest BCUT2D eigenvalue weighted by Crippen LogP contribution is -1.93. The van der Waals surface area contributed by atoms with E-state index in [1.165, 1.54) is 0 Å². The molecular weight excluding hydrogens is 162 g/mol. The van der Waals surface area contributed by atoms with Gasteiger partial charge in [-0.05, 0) is 25.0 Å². The van der Waals surface area contributed by atoms with E-state index in [1.807, 2.05) is 31.2 Å². The molecular formula is C11H13NO. The van der Waals surface area contributed by atoms with Crippen molar-refractivity contribution in [3.8, 4) is 0 Å². The van der Waals surface area contributed by atoms with Crippen molar-refractivity contribution in [1.82, 2.24) is 0 Å². The van der Waals surface area contributed by atoms with Crippen LogP contribution < -0.4 is 0 Å². The van der Waals surface area contributed by atoms with Crippen LogP contribution in [0.2, 0.25) is 0 Å². The first kappa shape index (κ1) is 9.52. The van der Waals surface area contributed by atoms with Crippen LogP contribution in [0.5, 0.6) is 0 Å². The predicted molar refractivity (Wildman–Crippen MR) is 55.1 cm³/mol. The monoisotopic (exact) mass is 175 g/mol. The summed E-state index contributed by atoms with van der Waals surface area (Å²) in [5, 5.41) is 11.7. The van der Waals surface area contributed by atoms with Crippen LogP contribution in [-0.4, -0.2) is 10.9 Å². The van der Waals surface area contributed by atoms with Crippen LogP contribution in [0.4, 0.5) is 0 Å². The molecule has 1 aromatic rings. The average molecular weight is 175 g/mol. The molecule has 0 spiro atoms. The minimum Gasteiger partial charge on any atom is -0.411 e. The number of rotatable bonds is 2. The van der Waals surface area contributed by atoms with Gasteiger partial charge in [-0.3, -0.25) is 0 Å². The highest BCUT2D eigenvalue weighted by atomic mass is 16.4. The SMILES string of the molecule is C=C(C)c1ccc(/C(C)=N/O)cc1. The van der Waals surface area contributed by atoms with Crippen LogP contribution in [0.15, 0.2) is 36.0 Å². The summed E-state index contributed by atoms with van der Waals surface area (Å²) in [4.78, 5) is 0. The predicted octanol–water partition coefficient (Wildman–Crippen LogP) is 2.92. The summed E-state index contributed by atoms with van der Waals surface area (Å²) in [5.41, 5.74) is 3.68. The van der Waals surface area contributed by atoms with E-state index in [2.05, 4.69) is 11.7 Å². The summed E-state index contributed by atoms with van der Waals surface area (Å²) in [6, 6.07) is 7.76. The normalized spacial score (nSPS) is 11.4. The van der Waals surface area contributed by atoms with Crippen LogP contribution >= 0.6 is 0 Å². The molecule has 0 saturated heterocycles. The molecule has 0 aliphatic heterocycles. The van der Waals surface area contributed by atoms with E-state index in [9.17, 15) is 0 Å². The maximum atomic E-state index is 8.54. The fourth-order valence-corrected chi connectivity index (χ4v) is 1.05. The lowest BCUT2D eigenvalue weighted by molar-refractivity contribution is 0.319. The third-order valence-corrected chi connectivity index (χ3v) is 1.95. The van der Waals surface area contributed by atoms with Gasteiger partial charge in [0.2, 0.25) is 0 Å². The molecule has 0 fully saturated rings. The summed E-state index contributed by atoms with van der Waals surface area (Å²) in [6.07, 6.45) is 0. The van der Waals surface area contributed by atoms with E-state index < -0.39 is 0 Å². The molecule has 0 atom stereocenters. The highest BCUT2D eigenvalue weighted by Gasteiger charge is 1.97. The largest absolute Gasteiger partial charge is 0.411 e. The zero-order valence-electron chi connectivity index (χ0n) is 7.91. The van der Waals surface area contributed by atoms with Crippen molar-refractivity contribution in [1.29, 1.82) is 0 Å². The topological polar surface area (TPSA) is 32.6 Å². The number of allylic oxidation sites excluding steroid dienone is 1. The number of hydrogen-bond donors (Lipinski definition) is 1. The second kappa shape index (κ2) is 3.90. The Morgan fingerprint density at radius 3 is 2.00 bits per heavy atom. The number of oxime groups is 1. The molecule has 0 bridgehead atoms. The Hall–Kier alpha value is -1.57. The van der Waals surface area contributed by atoms with Gasteiger partial charge in [0.1, 0.15) is 0 Å². The molecule has 1 rings (SSSR count). The van der Waals surface area contributed by atoms with Gasteiger partial charge in [-0.25, -0.2) is 0 Å². The second-order valence-electron chi connectivity index (χ2n) is 3.04. The van der Waals surface area contributed by atoms with Crippen molar-refractivity contribution in [3.63, 3.8) is 0 Å². The van der Waals surface area contributed by atoms with Gasteiger partial charge >= 0.3 is 0 Å². The molecule has 2 nitrogen and oxygen atoms in total. The maximum Gasteiger partial charge on any atom is 0.0836 e. The minimum absolute atomic E-state index is 0.619. The quantitative estimate of drug-likeness (QED) is 0.418. The Balaban J connectivity index is 3.00. The standard InChI is InChI=1S/C11H13NO/c1-8(2)10-4-6-11(7-5-10)9(3)12-13/h4-7,13H,1H2,2-3H3/b12-9+. The zero-order valence-corrected chi connectivity index (χ0v) is 7.91. The van der Waals surface area contributed by atoms with E-state index in [-0.39, 0.29) is 0 Å². The first-order valence-corrected chi connectivity index (χ1v) is 4.10. The number of nitrogens with zero attached hydrogens (tertiary/aromatic N) is 1. The van der Waals surface area contributed by atoms with Crippen LogP contribution in [0.1, 0.15) is 25.0 Å². The van der Waals surface area contributed by atoms with Crippen LogP contribution in [0.25, 0.3) is 5.57 Å². The van der Waals surface area contributed by atoms with E-state index in [1.54, 1.807) is 6.92 Å². The summed E-state index contributed by atoms with van der Waals surface area (Å²) >= 11 is 0. The summed E-state index contributed by atoms with van der Waals surface area (Å²) < 4.78 is 0. The third kappa shape index (κ3) is 2.18. The molecule has 1 aromatic carbocycles. The van der Waals surface area contributed by atoms with Gasteiger partial charge in [0, 0.05) is 0 Å². The Labute approximate surface area is 78.2 Å². The van der Waals surface area contributed by atoms with Gasteiger partial charge < -0.3 is 5.21 Å². The Morgan fingerprint density at radius 1 is 1.15 bits per heavy atom. The second-order valence-corrected chi connectivity index (χ2v) is 3.04. The Bertz CT molecular complexity index is 336. The first-order valence-electron chi connectivity index (χ1n) is 4.10. The molecule has 68 valence electrons. The van der Waals surface area contributed by atoms with Crippen molar-refractivity contribution in [3.05, 3.63) is 42.0 Å². The van der Waals surface area contributed by atoms with Crippen molar-refractivity contribution in [2.75, 3.05) is 0 Å². The smallest absolute Gasteiger partial charge is 0.0836 e. The van der Waals surface area contributed by atoms with Crippen LogP contribution in [-0.2, 0) is 0 Å². The van der Waals surface area contributed by atoms with Crippen LogP contribution in [0, 0.1) is 0 Å². The molecule has 0 radical (unpaired) electrons. The molecule has 0 saturated carbocycles. The fraction of sp³-hybridized carbons (Fsp3) is 0.182. The molecule has 0 aliphatic carbocycles. The highest BCUT2D eigenvalue weighted by Crippen LogP contribution is 2.12. The summed E-state index contributed by atoms with van der Waals surface area (Å²) in [7, 11) is 0. The number of benzene rings is 1. The molecule has 1 N–H and O–H groups in total. The number of hydrogen-bond acceptors (Lipinski definition) is 2. The van der Waals surface area contributed by atoms with Gasteiger partial charge in [-0.15, -0.1) is 0 Å². The van der Waals surface area contributed by atoms with Crippen molar-refractivity contribution in [2.45, 2.75) is 13.8 Å². The van der Waals surface area contributed by atoms with Crippen molar-refractivity contribution >= 4 is 11.3 Å². The van der Waals surface area contributed by atoms with Gasteiger partial charge in [-0.2, -0.15) is 0 Å². The van der Waals surface area contributed by atoms with Crippen molar-refractivity contribution < 1.29 is 5.21 Å². The summed E-state index contributed by atoms with van der Waals surface area (Å²) in [5.74, 6) is 0. The average Bonchev–Trinajstić information content (AvgIpc) is 2.17. The molecule has 0 unspecified atom stereocenters. The van der Waals surface area contributed by atoms with Gasteiger partial charge in [-0.1, -0.05) is 41.6 Å². The van der Waals surface area contributed by atoms with Crippen LogP contribution in [0.3, 0.4) is 0 Å². The zero-order chi connectivity index (χ0) is 9.84. The van der Waals surface area contributed by atoms with Gasteiger partial charge in [0.05, 0.1) is 5.71 Å². The molecule has 0 heterocycles. The lowest BCUT2D eigenvalue weighted by Gasteiger charge is -2.01. The van der Waals surface area contributed by atoms with E-state index in [0.29, 0.717) is 5.71 Å². The van der Waals surface area contributed by atoms with Crippen molar-refractivity contribution in [2.24, 2.45) is 5.16 Å². The van der Waals surface area contributed by atoms with E-state index >= 15 is 0 Å². The Morgan fingerprint density at radius 2 is 1.62 bits per heavy atom. The van der Waals surface area contributed by atoms with E-state index in [0.717, 1.165) is 16.7 Å². The molecule has 2 heteroatoms.